The van der Waals surface area contributed by atoms with E-state index in [1.54, 1.807) is 0 Å². The molecule has 3 rings (SSSR count). The Morgan fingerprint density at radius 3 is 1.62 bits per heavy atom. The van der Waals surface area contributed by atoms with E-state index in [1.165, 1.54) is 0 Å². The number of ketones is 1. The highest BCUT2D eigenvalue weighted by molar-refractivity contribution is 6.03. The van der Waals surface area contributed by atoms with Gasteiger partial charge in [-0.3, -0.25) is 14.4 Å². The van der Waals surface area contributed by atoms with E-state index in [9.17, 15) is 24.3 Å². The Hall–Kier alpha value is -4.92. The average molecular weight is 581 g/mol. The van der Waals surface area contributed by atoms with Crippen molar-refractivity contribution >= 4 is 35.2 Å². The van der Waals surface area contributed by atoms with Gasteiger partial charge in [0.05, 0.1) is 33.5 Å². The average Bonchev–Trinajstić information content (AvgIpc) is 3.01. The number of aliphatic hydroxyl groups excluding tert-OH is 1. The molecular weight excluding hydrogens is 548 g/mol. The molecule has 1 heterocycles. The summed E-state index contributed by atoms with van der Waals surface area (Å²) in [6.45, 7) is -0.971. The summed E-state index contributed by atoms with van der Waals surface area (Å²) in [5, 5.41) is 14.1. The zero-order chi connectivity index (χ0) is 30.5. The van der Waals surface area contributed by atoms with Crippen LogP contribution in [0.25, 0.3) is 0 Å². The number of rotatable bonds is 15. The van der Waals surface area contributed by atoms with Crippen molar-refractivity contribution in [3.05, 3.63) is 83.2 Å². The van der Waals surface area contributed by atoms with Gasteiger partial charge in [-0.25, -0.2) is 14.8 Å². The van der Waals surface area contributed by atoms with Crippen LogP contribution in [-0.4, -0.2) is 77.7 Å². The van der Waals surface area contributed by atoms with Crippen LogP contribution in [0.2, 0.25) is 0 Å². The Morgan fingerprint density at radius 2 is 1.19 bits per heavy atom. The van der Waals surface area contributed by atoms with Gasteiger partial charge >= 0.3 is 5.97 Å². The SMILES string of the molecule is COC(=O)[C@H](COCc1ccccc1)NC(=O)c1nc(N)c(C(=O)N[C@@H](COCc2ccccc2)C(=O)CO)nc1N. The number of benzene rings is 2. The van der Waals surface area contributed by atoms with Crippen LogP contribution >= 0.6 is 0 Å². The first-order valence-electron chi connectivity index (χ1n) is 12.7. The maximum Gasteiger partial charge on any atom is 0.330 e. The number of hydrogen-bond acceptors (Lipinski definition) is 12. The number of nitrogens with one attached hydrogen (secondary N) is 2. The molecule has 0 saturated heterocycles. The van der Waals surface area contributed by atoms with Gasteiger partial charge in [0.1, 0.15) is 12.6 Å². The first kappa shape index (κ1) is 31.6. The van der Waals surface area contributed by atoms with Crippen LogP contribution in [0.15, 0.2) is 60.7 Å². The molecule has 14 nitrogen and oxygen atoms in total. The van der Waals surface area contributed by atoms with Crippen molar-refractivity contribution in [1.29, 1.82) is 0 Å². The fourth-order valence-electron chi connectivity index (χ4n) is 3.62. The molecule has 222 valence electrons. The fraction of sp³-hybridized carbons (Fsp3) is 0.286. The molecule has 2 amide bonds. The zero-order valence-corrected chi connectivity index (χ0v) is 22.8. The highest BCUT2D eigenvalue weighted by atomic mass is 16.5. The fourth-order valence-corrected chi connectivity index (χ4v) is 3.62. The third kappa shape index (κ3) is 9.05. The standard InChI is InChI=1S/C28H32N6O8/c1-40-28(39)20(16-42-14-18-10-6-3-7-11-18)32-27(38)23-25(30)33-22(24(29)34-23)26(37)31-19(21(36)12-35)15-41-13-17-8-4-2-5-9-17/h2-11,19-20,35H,12-16H2,1H3,(H2,29,34)(H2,30,33)(H,31,37)(H,32,38)/t19-,20-/m0/s1. The maximum atomic E-state index is 12.9. The predicted molar refractivity (Wildman–Crippen MR) is 150 cm³/mol. The summed E-state index contributed by atoms with van der Waals surface area (Å²) in [7, 11) is 1.15. The van der Waals surface area contributed by atoms with Crippen molar-refractivity contribution in [3.8, 4) is 0 Å². The van der Waals surface area contributed by atoms with E-state index in [2.05, 4.69) is 20.6 Å². The number of aliphatic hydroxyl groups is 1. The van der Waals surface area contributed by atoms with Crippen molar-refractivity contribution in [3.63, 3.8) is 0 Å². The number of nitrogen functional groups attached to an aromatic ring is 2. The molecule has 0 aliphatic carbocycles. The molecule has 42 heavy (non-hydrogen) atoms. The van der Waals surface area contributed by atoms with Gasteiger partial charge in [-0.05, 0) is 11.1 Å². The molecule has 2 atom stereocenters. The smallest absolute Gasteiger partial charge is 0.330 e. The third-order valence-electron chi connectivity index (χ3n) is 5.81. The first-order chi connectivity index (χ1) is 20.2. The number of ether oxygens (including phenoxy) is 3. The van der Waals surface area contributed by atoms with Crippen LogP contribution < -0.4 is 22.1 Å². The summed E-state index contributed by atoms with van der Waals surface area (Å²) in [6.07, 6.45) is 0. The van der Waals surface area contributed by atoms with Gasteiger partial charge in [0, 0.05) is 0 Å². The molecule has 14 heteroatoms. The highest BCUT2D eigenvalue weighted by Gasteiger charge is 2.28. The van der Waals surface area contributed by atoms with Crippen molar-refractivity contribution in [2.75, 3.05) is 38.4 Å². The number of esters is 1. The third-order valence-corrected chi connectivity index (χ3v) is 5.81. The normalized spacial score (nSPS) is 12.1. The van der Waals surface area contributed by atoms with Crippen molar-refractivity contribution < 1.29 is 38.5 Å². The summed E-state index contributed by atoms with van der Waals surface area (Å²) >= 11 is 0. The molecule has 0 aliphatic rings. The van der Waals surface area contributed by atoms with E-state index in [0.717, 1.165) is 18.2 Å². The minimum Gasteiger partial charge on any atom is -0.467 e. The van der Waals surface area contributed by atoms with Crippen LogP contribution in [0.1, 0.15) is 32.1 Å². The first-order valence-corrected chi connectivity index (χ1v) is 12.7. The zero-order valence-electron chi connectivity index (χ0n) is 22.8. The van der Waals surface area contributed by atoms with Gasteiger partial charge in [-0.15, -0.1) is 0 Å². The van der Waals surface area contributed by atoms with Gasteiger partial charge in [-0.2, -0.15) is 0 Å². The molecular formula is C28H32N6O8. The molecule has 0 radical (unpaired) electrons. The van der Waals surface area contributed by atoms with Crippen LogP contribution in [0, 0.1) is 0 Å². The summed E-state index contributed by atoms with van der Waals surface area (Å²) in [5.74, 6) is -4.28. The number of nitrogens with zero attached hydrogens (tertiary/aromatic N) is 2. The van der Waals surface area contributed by atoms with E-state index < -0.39 is 65.3 Å². The number of carbonyl (C=O) groups excluding carboxylic acids is 4. The summed E-state index contributed by atoms with van der Waals surface area (Å²) < 4.78 is 15.8. The Bertz CT molecular complexity index is 1270. The van der Waals surface area contributed by atoms with Gasteiger partial charge in [0.2, 0.25) is 0 Å². The topological polar surface area (TPSA) is 218 Å². The lowest BCUT2D eigenvalue weighted by Crippen LogP contribution is -2.46. The van der Waals surface area contributed by atoms with E-state index in [0.29, 0.717) is 0 Å². The van der Waals surface area contributed by atoms with E-state index in [1.807, 2.05) is 60.7 Å². The summed E-state index contributed by atoms with van der Waals surface area (Å²) in [6, 6.07) is 15.9. The van der Waals surface area contributed by atoms with Crippen LogP contribution in [0.4, 0.5) is 11.6 Å². The van der Waals surface area contributed by atoms with Crippen LogP contribution in [0.5, 0.6) is 0 Å². The van der Waals surface area contributed by atoms with Crippen molar-refractivity contribution in [2.24, 2.45) is 0 Å². The molecule has 2 aromatic carbocycles. The van der Waals surface area contributed by atoms with E-state index in [-0.39, 0.29) is 26.4 Å². The van der Waals surface area contributed by atoms with Gasteiger partial charge in [0.15, 0.2) is 34.8 Å². The lowest BCUT2D eigenvalue weighted by Gasteiger charge is -2.18. The molecule has 7 N–H and O–H groups in total. The molecule has 1 aromatic heterocycles. The molecule has 0 aliphatic heterocycles. The summed E-state index contributed by atoms with van der Waals surface area (Å²) in [4.78, 5) is 58.0. The molecule has 0 saturated carbocycles. The van der Waals surface area contributed by atoms with Crippen LogP contribution in [0.3, 0.4) is 0 Å². The Morgan fingerprint density at radius 1 is 0.762 bits per heavy atom. The summed E-state index contributed by atoms with van der Waals surface area (Å²) in [5.41, 5.74) is 12.6. The molecule has 0 bridgehead atoms. The maximum absolute atomic E-state index is 12.9. The number of amides is 2. The number of methoxy groups -OCH3 is 1. The quantitative estimate of drug-likeness (QED) is 0.150. The van der Waals surface area contributed by atoms with Gasteiger partial charge in [0.25, 0.3) is 11.8 Å². The molecule has 0 spiro atoms. The predicted octanol–water partition coefficient (Wildman–Crippen LogP) is 0.00580. The second kappa shape index (κ2) is 15.8. The minimum atomic E-state index is -1.23. The van der Waals surface area contributed by atoms with Gasteiger partial charge < -0.3 is 41.4 Å². The van der Waals surface area contributed by atoms with E-state index >= 15 is 0 Å². The van der Waals surface area contributed by atoms with E-state index in [4.69, 9.17) is 25.7 Å². The monoisotopic (exact) mass is 580 g/mol. The Kier molecular flexibility index (Phi) is 11.9. The Labute approximate surface area is 241 Å². The number of nitrogens with two attached hydrogens (primary N) is 2. The highest BCUT2D eigenvalue weighted by Crippen LogP contribution is 2.14. The molecule has 0 unspecified atom stereocenters. The molecule has 0 fully saturated rings. The second-order valence-corrected chi connectivity index (χ2v) is 8.89. The van der Waals surface area contributed by atoms with Crippen molar-refractivity contribution in [1.82, 2.24) is 20.6 Å². The lowest BCUT2D eigenvalue weighted by molar-refractivity contribution is -0.144. The van der Waals surface area contributed by atoms with Crippen LogP contribution in [-0.2, 0) is 37.0 Å². The lowest BCUT2D eigenvalue weighted by atomic mass is 10.2. The number of carbonyl (C=O) groups is 4. The minimum absolute atomic E-state index is 0.161. The second-order valence-electron chi connectivity index (χ2n) is 8.89. The number of Topliss-reactive ketones (excluding diaryl/α,β-unsaturated/α-hetero) is 1. The number of anilines is 2. The largest absolute Gasteiger partial charge is 0.467 e. The Balaban J connectivity index is 1.66. The van der Waals surface area contributed by atoms with Crippen molar-refractivity contribution in [2.45, 2.75) is 25.3 Å². The van der Waals surface area contributed by atoms with Gasteiger partial charge in [-0.1, -0.05) is 60.7 Å². The molecule has 3 aromatic rings. The number of aromatic nitrogens is 2. The number of hydrogen-bond donors (Lipinski definition) is 5.